The van der Waals surface area contributed by atoms with Gasteiger partial charge >= 0.3 is 0 Å². The number of amides is 2. The molecule has 0 aliphatic heterocycles. The minimum absolute atomic E-state index is 0.124. The number of hydrogen-bond acceptors (Lipinski definition) is 2. The van der Waals surface area contributed by atoms with E-state index < -0.39 is 0 Å². The van der Waals surface area contributed by atoms with Gasteiger partial charge in [0.15, 0.2) is 0 Å². The Kier molecular flexibility index (Phi) is 5.90. The average Bonchev–Trinajstić information content (AvgIpc) is 2.60. The molecule has 0 spiro atoms. The normalized spacial score (nSPS) is 10.1. The predicted octanol–water partition coefficient (Wildman–Crippen LogP) is 3.58. The Morgan fingerprint density at radius 1 is 1.12 bits per heavy atom. The van der Waals surface area contributed by atoms with Crippen LogP contribution in [0, 0.1) is 6.92 Å². The van der Waals surface area contributed by atoms with E-state index in [-0.39, 0.29) is 11.8 Å². The topological polar surface area (TPSA) is 49.4 Å². The van der Waals surface area contributed by atoms with Crippen LogP contribution in [0.5, 0.6) is 0 Å². The van der Waals surface area contributed by atoms with Crippen molar-refractivity contribution in [1.29, 1.82) is 0 Å². The number of nitrogens with one attached hydrogen (secondary N) is 1. The molecule has 4 nitrogen and oxygen atoms in total. The van der Waals surface area contributed by atoms with Crippen molar-refractivity contribution in [2.75, 3.05) is 18.0 Å². The van der Waals surface area contributed by atoms with Crippen LogP contribution in [-0.2, 0) is 0 Å². The first kappa shape index (κ1) is 17.5. The lowest BCUT2D eigenvalue weighted by molar-refractivity contribution is 0.0958. The van der Waals surface area contributed by atoms with Crippen molar-refractivity contribution in [3.05, 3.63) is 77.9 Å². The van der Waals surface area contributed by atoms with E-state index in [0.29, 0.717) is 24.2 Å². The molecule has 4 heteroatoms. The molecule has 0 fully saturated rings. The summed E-state index contributed by atoms with van der Waals surface area (Å²) in [5, 5.41) is 2.72. The van der Waals surface area contributed by atoms with Crippen molar-refractivity contribution in [2.45, 2.75) is 13.8 Å². The number of anilines is 1. The predicted molar refractivity (Wildman–Crippen MR) is 97.5 cm³/mol. The van der Waals surface area contributed by atoms with Crippen molar-refractivity contribution >= 4 is 17.5 Å². The summed E-state index contributed by atoms with van der Waals surface area (Å²) in [5.74, 6) is -0.343. The molecule has 0 bridgehead atoms. The van der Waals surface area contributed by atoms with E-state index in [1.165, 1.54) is 0 Å². The fourth-order valence-electron chi connectivity index (χ4n) is 2.46. The standard InChI is InChI=1S/C20H22N2O2/c1-4-12-21-19(23)16-9-7-10-17(14-16)20(24)22(5-2)18-11-6-8-15(3)13-18/h4,6-11,13-14H,1,5,12H2,2-3H3,(H,21,23). The number of carbonyl (C=O) groups is 2. The monoisotopic (exact) mass is 322 g/mol. The zero-order chi connectivity index (χ0) is 17.5. The van der Waals surface area contributed by atoms with Gasteiger partial charge in [-0.3, -0.25) is 9.59 Å². The van der Waals surface area contributed by atoms with Gasteiger partial charge in [0.2, 0.25) is 0 Å². The summed E-state index contributed by atoms with van der Waals surface area (Å²) in [6.45, 7) is 8.44. The zero-order valence-electron chi connectivity index (χ0n) is 14.1. The fourth-order valence-corrected chi connectivity index (χ4v) is 2.46. The van der Waals surface area contributed by atoms with Crippen molar-refractivity contribution in [1.82, 2.24) is 5.32 Å². The minimum Gasteiger partial charge on any atom is -0.349 e. The summed E-state index contributed by atoms with van der Waals surface area (Å²) >= 11 is 0. The fraction of sp³-hybridized carbons (Fsp3) is 0.200. The maximum absolute atomic E-state index is 12.9. The lowest BCUT2D eigenvalue weighted by Gasteiger charge is -2.21. The number of rotatable bonds is 6. The molecule has 124 valence electrons. The van der Waals surface area contributed by atoms with Gasteiger partial charge in [0.1, 0.15) is 0 Å². The van der Waals surface area contributed by atoms with E-state index in [1.54, 1.807) is 35.2 Å². The van der Waals surface area contributed by atoms with Crippen molar-refractivity contribution in [3.8, 4) is 0 Å². The average molecular weight is 322 g/mol. The largest absolute Gasteiger partial charge is 0.349 e. The number of carbonyl (C=O) groups excluding carboxylic acids is 2. The van der Waals surface area contributed by atoms with Crippen molar-refractivity contribution < 1.29 is 9.59 Å². The van der Waals surface area contributed by atoms with Gasteiger partial charge in [-0.25, -0.2) is 0 Å². The van der Waals surface area contributed by atoms with E-state index in [4.69, 9.17) is 0 Å². The molecule has 2 amide bonds. The van der Waals surface area contributed by atoms with Crippen LogP contribution in [0.25, 0.3) is 0 Å². The maximum atomic E-state index is 12.9. The molecule has 24 heavy (non-hydrogen) atoms. The third-order valence-electron chi connectivity index (χ3n) is 3.65. The number of hydrogen-bond donors (Lipinski definition) is 1. The molecule has 0 heterocycles. The molecule has 0 aliphatic rings. The van der Waals surface area contributed by atoms with Crippen LogP contribution < -0.4 is 10.2 Å². The van der Waals surface area contributed by atoms with Crippen molar-refractivity contribution in [3.63, 3.8) is 0 Å². The maximum Gasteiger partial charge on any atom is 0.258 e. The smallest absolute Gasteiger partial charge is 0.258 e. The molecule has 0 saturated heterocycles. The summed E-state index contributed by atoms with van der Waals surface area (Å²) in [6, 6.07) is 14.6. The number of aryl methyl sites for hydroxylation is 1. The third kappa shape index (κ3) is 4.10. The molecule has 0 unspecified atom stereocenters. The molecular formula is C20H22N2O2. The van der Waals surface area contributed by atoms with Crippen LogP contribution >= 0.6 is 0 Å². The Balaban J connectivity index is 2.27. The summed E-state index contributed by atoms with van der Waals surface area (Å²) in [6.07, 6.45) is 1.61. The van der Waals surface area contributed by atoms with E-state index >= 15 is 0 Å². The number of nitrogens with zero attached hydrogens (tertiary/aromatic N) is 1. The third-order valence-corrected chi connectivity index (χ3v) is 3.65. The van der Waals surface area contributed by atoms with Crippen molar-refractivity contribution in [2.24, 2.45) is 0 Å². The first-order valence-electron chi connectivity index (χ1n) is 7.94. The molecule has 0 atom stereocenters. The first-order valence-corrected chi connectivity index (χ1v) is 7.94. The van der Waals surface area contributed by atoms with Gasteiger partial charge in [-0.2, -0.15) is 0 Å². The Labute approximate surface area is 142 Å². The highest BCUT2D eigenvalue weighted by Crippen LogP contribution is 2.19. The van der Waals surface area contributed by atoms with Gasteiger partial charge in [0.25, 0.3) is 11.8 Å². The van der Waals surface area contributed by atoms with Crippen LogP contribution in [0.1, 0.15) is 33.2 Å². The van der Waals surface area contributed by atoms with Gasteiger partial charge in [-0.15, -0.1) is 6.58 Å². The highest BCUT2D eigenvalue weighted by Gasteiger charge is 2.17. The summed E-state index contributed by atoms with van der Waals surface area (Å²) in [7, 11) is 0. The second-order valence-corrected chi connectivity index (χ2v) is 5.47. The summed E-state index contributed by atoms with van der Waals surface area (Å²) < 4.78 is 0. The van der Waals surface area contributed by atoms with E-state index in [9.17, 15) is 9.59 Å². The van der Waals surface area contributed by atoms with Gasteiger partial charge < -0.3 is 10.2 Å². The van der Waals surface area contributed by atoms with Crippen LogP contribution in [0.15, 0.2) is 61.2 Å². The zero-order valence-corrected chi connectivity index (χ0v) is 14.1. The molecule has 1 N–H and O–H groups in total. The number of benzene rings is 2. The van der Waals surface area contributed by atoms with Gasteiger partial charge in [0, 0.05) is 29.9 Å². The van der Waals surface area contributed by atoms with Gasteiger partial charge in [0.05, 0.1) is 0 Å². The Morgan fingerprint density at radius 3 is 2.50 bits per heavy atom. The molecule has 0 radical (unpaired) electrons. The van der Waals surface area contributed by atoms with E-state index in [0.717, 1.165) is 11.3 Å². The molecule has 2 aromatic rings. The quantitative estimate of drug-likeness (QED) is 0.827. The molecule has 2 rings (SSSR count). The van der Waals surface area contributed by atoms with Gasteiger partial charge in [-0.1, -0.05) is 24.3 Å². The molecule has 0 aromatic heterocycles. The highest BCUT2D eigenvalue weighted by atomic mass is 16.2. The highest BCUT2D eigenvalue weighted by molar-refractivity contribution is 6.07. The lowest BCUT2D eigenvalue weighted by Crippen LogP contribution is -2.31. The van der Waals surface area contributed by atoms with Gasteiger partial charge in [-0.05, 0) is 49.7 Å². The Hall–Kier alpha value is -2.88. The lowest BCUT2D eigenvalue weighted by atomic mass is 10.1. The van der Waals surface area contributed by atoms with Crippen LogP contribution in [0.3, 0.4) is 0 Å². The second-order valence-electron chi connectivity index (χ2n) is 5.47. The Bertz CT molecular complexity index is 753. The molecule has 0 aliphatic carbocycles. The summed E-state index contributed by atoms with van der Waals surface area (Å²) in [4.78, 5) is 26.6. The summed E-state index contributed by atoms with van der Waals surface area (Å²) in [5.41, 5.74) is 2.90. The molecule has 0 saturated carbocycles. The second kappa shape index (κ2) is 8.11. The molecular weight excluding hydrogens is 300 g/mol. The van der Waals surface area contributed by atoms with Crippen LogP contribution in [-0.4, -0.2) is 24.9 Å². The molecule has 2 aromatic carbocycles. The Morgan fingerprint density at radius 2 is 1.83 bits per heavy atom. The van der Waals surface area contributed by atoms with Crippen LogP contribution in [0.4, 0.5) is 5.69 Å². The van der Waals surface area contributed by atoms with E-state index in [2.05, 4.69) is 11.9 Å². The SMILES string of the molecule is C=CCNC(=O)c1cccc(C(=O)N(CC)c2cccc(C)c2)c1. The minimum atomic E-state index is -0.219. The first-order chi connectivity index (χ1) is 11.6. The van der Waals surface area contributed by atoms with E-state index in [1.807, 2.05) is 38.1 Å². The van der Waals surface area contributed by atoms with Crippen LogP contribution in [0.2, 0.25) is 0 Å².